The van der Waals surface area contributed by atoms with Crippen LogP contribution < -0.4 is 10.6 Å². The Kier molecular flexibility index (Phi) is 4.76. The van der Waals surface area contributed by atoms with Crippen LogP contribution in [0.1, 0.15) is 0 Å². The monoisotopic (exact) mass is 628 g/mol. The Bertz CT molecular complexity index is 3060. The lowest BCUT2D eigenvalue weighted by molar-refractivity contribution is 0.669. The number of nitrogens with zero attached hydrogens (tertiary/aromatic N) is 2. The molecule has 0 bridgehead atoms. The van der Waals surface area contributed by atoms with Crippen LogP contribution in [-0.2, 0) is 0 Å². The van der Waals surface area contributed by atoms with E-state index in [9.17, 15) is 0 Å². The molecular formula is C44H28N4O. The molecule has 6 aromatic carbocycles. The van der Waals surface area contributed by atoms with Crippen LogP contribution in [0.5, 0.6) is 0 Å². The second-order valence-corrected chi connectivity index (χ2v) is 13.4. The van der Waals surface area contributed by atoms with E-state index in [4.69, 9.17) is 4.42 Å². The van der Waals surface area contributed by atoms with Crippen molar-refractivity contribution in [2.75, 3.05) is 10.6 Å². The van der Waals surface area contributed by atoms with Gasteiger partial charge in [-0.15, -0.1) is 0 Å². The van der Waals surface area contributed by atoms with Crippen LogP contribution in [-0.4, -0.2) is 21.1 Å². The Labute approximate surface area is 280 Å². The van der Waals surface area contributed by atoms with Gasteiger partial charge in [0.25, 0.3) is 0 Å². The predicted octanol–water partition coefficient (Wildman–Crippen LogP) is 11.0. The van der Waals surface area contributed by atoms with Gasteiger partial charge in [0, 0.05) is 43.4 Å². The zero-order chi connectivity index (χ0) is 31.8. The quantitative estimate of drug-likeness (QED) is 0.200. The summed E-state index contributed by atoms with van der Waals surface area (Å²) < 4.78 is 11.5. The van der Waals surface area contributed by atoms with E-state index in [0.29, 0.717) is 0 Å². The van der Waals surface area contributed by atoms with Crippen molar-refractivity contribution in [3.63, 3.8) is 0 Å². The number of hydrogen-bond acceptors (Lipinski definition) is 3. The fourth-order valence-corrected chi connectivity index (χ4v) is 8.76. The summed E-state index contributed by atoms with van der Waals surface area (Å²) in [6.45, 7) is 0. The minimum absolute atomic E-state index is 0.194. The first-order valence-corrected chi connectivity index (χ1v) is 16.9. The van der Waals surface area contributed by atoms with Crippen LogP contribution in [0.2, 0.25) is 0 Å². The third-order valence-corrected chi connectivity index (χ3v) is 10.9. The average molecular weight is 629 g/mol. The van der Waals surface area contributed by atoms with Crippen molar-refractivity contribution in [1.29, 1.82) is 0 Å². The van der Waals surface area contributed by atoms with E-state index in [1.165, 1.54) is 71.2 Å². The standard InChI is InChI=1S/C44H28N4O/c1-2-10-27(11-3-1)47-35-16-8-4-12-28(35)30-22-25(18-20-37(30)47)26-19-21-38-31(23-26)40-39(49-38)24-32-42-44(46-34-15-7-6-14-33(34)45-42)48-36-17-9-5-13-29(36)41(40)43(32)48/h1-24,33-34,45-46H. The zero-order valence-corrected chi connectivity index (χ0v) is 26.3. The molecule has 0 radical (unpaired) electrons. The number of rotatable bonds is 2. The highest BCUT2D eigenvalue weighted by Gasteiger charge is 2.33. The molecule has 1 aliphatic heterocycles. The third-order valence-electron chi connectivity index (χ3n) is 10.9. The maximum atomic E-state index is 6.69. The lowest BCUT2D eigenvalue weighted by Crippen LogP contribution is -2.41. The van der Waals surface area contributed by atoms with Crippen LogP contribution in [0.15, 0.2) is 150 Å². The van der Waals surface area contributed by atoms with Gasteiger partial charge in [-0.2, -0.15) is 0 Å². The van der Waals surface area contributed by atoms with Crippen molar-refractivity contribution >= 4 is 82.4 Å². The first-order valence-electron chi connectivity index (χ1n) is 16.9. The Balaban J connectivity index is 1.11. The number of allylic oxidation sites excluding steroid dienone is 2. The van der Waals surface area contributed by atoms with Crippen molar-refractivity contribution in [3.8, 4) is 16.8 Å². The number of aromatic nitrogens is 2. The summed E-state index contributed by atoms with van der Waals surface area (Å²) in [5.41, 5.74) is 11.3. The van der Waals surface area contributed by atoms with Crippen LogP contribution in [0, 0.1) is 0 Å². The molecule has 0 spiro atoms. The van der Waals surface area contributed by atoms with Gasteiger partial charge in [-0.05, 0) is 65.7 Å². The molecule has 230 valence electrons. The van der Waals surface area contributed by atoms with Gasteiger partial charge < -0.3 is 19.6 Å². The van der Waals surface area contributed by atoms with Crippen LogP contribution in [0.3, 0.4) is 0 Å². The molecule has 12 rings (SSSR count). The van der Waals surface area contributed by atoms with Crippen molar-refractivity contribution < 1.29 is 4.42 Å². The zero-order valence-electron chi connectivity index (χ0n) is 26.3. The molecular weight excluding hydrogens is 601 g/mol. The number of hydrogen-bond donors (Lipinski definition) is 2. The Hall–Kier alpha value is -6.46. The number of fused-ring (bicyclic) bond motifs is 14. The fraction of sp³-hybridized carbons (Fsp3) is 0.0455. The Morgan fingerprint density at radius 1 is 0.510 bits per heavy atom. The fourth-order valence-electron chi connectivity index (χ4n) is 8.76. The van der Waals surface area contributed by atoms with Crippen molar-refractivity contribution in [2.45, 2.75) is 12.1 Å². The molecule has 10 aromatic rings. The van der Waals surface area contributed by atoms with Crippen molar-refractivity contribution in [2.24, 2.45) is 0 Å². The van der Waals surface area contributed by atoms with Gasteiger partial charge >= 0.3 is 0 Å². The molecule has 1 aliphatic carbocycles. The molecule has 49 heavy (non-hydrogen) atoms. The number of nitrogens with one attached hydrogen (secondary N) is 2. The van der Waals surface area contributed by atoms with Gasteiger partial charge in [0.05, 0.1) is 39.8 Å². The highest BCUT2D eigenvalue weighted by molar-refractivity contribution is 6.33. The SMILES string of the molecule is C1=CC2Nc3c(n4c5ccccc5c5c6c(cc3c54)oc3ccc(-c4ccc5c(c4)c4ccccc4n5-c4ccccc4)cc36)NC2C=C1. The normalized spacial score (nSPS) is 17.1. The molecule has 2 atom stereocenters. The van der Waals surface area contributed by atoms with Gasteiger partial charge in [0.1, 0.15) is 17.0 Å². The smallest absolute Gasteiger partial charge is 0.136 e. The average Bonchev–Trinajstić information content (AvgIpc) is 3.88. The van der Waals surface area contributed by atoms with E-state index in [1.54, 1.807) is 0 Å². The summed E-state index contributed by atoms with van der Waals surface area (Å²) in [6, 6.07) is 44.3. The van der Waals surface area contributed by atoms with Crippen molar-refractivity contribution in [3.05, 3.63) is 146 Å². The first kappa shape index (κ1) is 25.6. The molecule has 0 saturated heterocycles. The van der Waals surface area contributed by atoms with Crippen LogP contribution in [0.25, 0.3) is 87.8 Å². The van der Waals surface area contributed by atoms with E-state index >= 15 is 0 Å². The first-order chi connectivity index (χ1) is 24.3. The van der Waals surface area contributed by atoms with Gasteiger partial charge in [0.2, 0.25) is 0 Å². The molecule has 2 aliphatic rings. The van der Waals surface area contributed by atoms with Gasteiger partial charge in [-0.1, -0.05) is 91.0 Å². The summed E-state index contributed by atoms with van der Waals surface area (Å²) in [5, 5.41) is 16.2. The second-order valence-electron chi connectivity index (χ2n) is 13.4. The molecule has 5 heteroatoms. The molecule has 2 unspecified atom stereocenters. The predicted molar refractivity (Wildman–Crippen MR) is 204 cm³/mol. The summed E-state index contributed by atoms with van der Waals surface area (Å²) in [5.74, 6) is 1.11. The maximum Gasteiger partial charge on any atom is 0.136 e. The number of anilines is 2. The van der Waals surface area contributed by atoms with E-state index in [2.05, 4.69) is 165 Å². The third kappa shape index (κ3) is 3.29. The summed E-state index contributed by atoms with van der Waals surface area (Å²) in [7, 11) is 0. The van der Waals surface area contributed by atoms with Gasteiger partial charge in [-0.25, -0.2) is 0 Å². The summed E-state index contributed by atoms with van der Waals surface area (Å²) >= 11 is 0. The van der Waals surface area contributed by atoms with Gasteiger partial charge in [-0.3, -0.25) is 4.40 Å². The molecule has 0 amide bonds. The molecule has 2 N–H and O–H groups in total. The number of para-hydroxylation sites is 3. The molecule has 4 aromatic heterocycles. The van der Waals surface area contributed by atoms with E-state index in [0.717, 1.165) is 28.1 Å². The lowest BCUT2D eigenvalue weighted by atomic mass is 9.97. The molecule has 0 fully saturated rings. The van der Waals surface area contributed by atoms with Crippen LogP contribution in [0.4, 0.5) is 11.5 Å². The Morgan fingerprint density at radius 2 is 1.20 bits per heavy atom. The number of furan rings is 1. The summed E-state index contributed by atoms with van der Waals surface area (Å²) in [4.78, 5) is 0. The number of benzene rings is 6. The minimum Gasteiger partial charge on any atom is -0.456 e. The van der Waals surface area contributed by atoms with E-state index in [-0.39, 0.29) is 12.1 Å². The Morgan fingerprint density at radius 3 is 2.06 bits per heavy atom. The van der Waals surface area contributed by atoms with Crippen molar-refractivity contribution in [1.82, 2.24) is 8.97 Å². The topological polar surface area (TPSA) is 46.5 Å². The highest BCUT2D eigenvalue weighted by Crippen LogP contribution is 2.50. The van der Waals surface area contributed by atoms with Gasteiger partial charge in [0.15, 0.2) is 0 Å². The van der Waals surface area contributed by atoms with Crippen LogP contribution >= 0.6 is 0 Å². The second kappa shape index (κ2) is 9.12. The van der Waals surface area contributed by atoms with E-state index in [1.807, 2.05) is 0 Å². The molecule has 0 saturated carbocycles. The van der Waals surface area contributed by atoms with E-state index < -0.39 is 0 Å². The molecule has 5 heterocycles. The minimum atomic E-state index is 0.194. The summed E-state index contributed by atoms with van der Waals surface area (Å²) in [6.07, 6.45) is 8.73. The largest absolute Gasteiger partial charge is 0.456 e. The molecule has 5 nitrogen and oxygen atoms in total. The highest BCUT2D eigenvalue weighted by atomic mass is 16.3. The maximum absolute atomic E-state index is 6.69. The lowest BCUT2D eigenvalue weighted by Gasteiger charge is -2.33.